The number of ether oxygens (including phenoxy) is 1. The van der Waals surface area contributed by atoms with E-state index in [0.717, 1.165) is 21.0 Å². The molecule has 0 saturated heterocycles. The van der Waals surface area contributed by atoms with Gasteiger partial charge in [0.15, 0.2) is 3.95 Å². The molecule has 0 amide bonds. The molecular formula is C13H15NOS2. The third-order valence-corrected chi connectivity index (χ3v) is 3.69. The van der Waals surface area contributed by atoms with Crippen molar-refractivity contribution < 1.29 is 4.74 Å². The summed E-state index contributed by atoms with van der Waals surface area (Å²) in [6.07, 6.45) is 0. The van der Waals surface area contributed by atoms with Crippen molar-refractivity contribution in [3.8, 4) is 17.0 Å². The van der Waals surface area contributed by atoms with Crippen LogP contribution < -0.4 is 4.74 Å². The van der Waals surface area contributed by atoms with E-state index in [9.17, 15) is 0 Å². The molecule has 0 atom stereocenters. The number of rotatable bonds is 3. The summed E-state index contributed by atoms with van der Waals surface area (Å²) in [6.45, 7) is 6.85. The standard InChI is InChI=1S/C13H15NOS2/c1-4-15-12-6-8(2)10(5-9(12)3)11-7-17-13(16)14-11/h5-7H,4H2,1-3H3,(H,14,16). The van der Waals surface area contributed by atoms with Crippen LogP contribution in [-0.2, 0) is 0 Å². The average Bonchev–Trinajstić information content (AvgIpc) is 2.70. The first-order chi connectivity index (χ1) is 8.11. The maximum Gasteiger partial charge on any atom is 0.158 e. The number of benzene rings is 1. The van der Waals surface area contributed by atoms with Gasteiger partial charge in [-0.2, -0.15) is 0 Å². The summed E-state index contributed by atoms with van der Waals surface area (Å²) in [7, 11) is 0. The summed E-state index contributed by atoms with van der Waals surface area (Å²) in [5.41, 5.74) is 4.63. The molecule has 90 valence electrons. The van der Waals surface area contributed by atoms with Gasteiger partial charge in [0.2, 0.25) is 0 Å². The van der Waals surface area contributed by atoms with Crippen LogP contribution in [0.2, 0.25) is 0 Å². The van der Waals surface area contributed by atoms with Gasteiger partial charge in [0.25, 0.3) is 0 Å². The van der Waals surface area contributed by atoms with Crippen molar-refractivity contribution in [3.05, 3.63) is 32.6 Å². The van der Waals surface area contributed by atoms with Crippen molar-refractivity contribution in [1.29, 1.82) is 0 Å². The minimum atomic E-state index is 0.695. The van der Waals surface area contributed by atoms with Crippen molar-refractivity contribution >= 4 is 23.6 Å². The number of aromatic nitrogens is 1. The van der Waals surface area contributed by atoms with E-state index in [1.165, 1.54) is 11.1 Å². The van der Waals surface area contributed by atoms with Gasteiger partial charge < -0.3 is 9.72 Å². The Kier molecular flexibility index (Phi) is 3.64. The van der Waals surface area contributed by atoms with E-state index < -0.39 is 0 Å². The Balaban J connectivity index is 2.49. The fraction of sp³-hybridized carbons (Fsp3) is 0.308. The maximum absolute atomic E-state index is 5.59. The molecule has 1 aromatic carbocycles. The fourth-order valence-corrected chi connectivity index (χ4v) is 2.64. The van der Waals surface area contributed by atoms with Crippen LogP contribution in [0.15, 0.2) is 17.5 Å². The second kappa shape index (κ2) is 5.02. The van der Waals surface area contributed by atoms with Gasteiger partial charge in [0.05, 0.1) is 12.3 Å². The van der Waals surface area contributed by atoms with Crippen LogP contribution in [0, 0.1) is 17.8 Å². The van der Waals surface area contributed by atoms with Gasteiger partial charge in [-0.3, -0.25) is 0 Å². The molecule has 0 bridgehead atoms. The predicted molar refractivity (Wildman–Crippen MR) is 75.6 cm³/mol. The molecule has 2 aromatic rings. The molecule has 17 heavy (non-hydrogen) atoms. The van der Waals surface area contributed by atoms with Crippen molar-refractivity contribution in [2.75, 3.05) is 6.61 Å². The van der Waals surface area contributed by atoms with Crippen molar-refractivity contribution in [2.24, 2.45) is 0 Å². The molecule has 0 saturated carbocycles. The Labute approximate surface area is 110 Å². The van der Waals surface area contributed by atoms with Gasteiger partial charge in [-0.1, -0.05) is 0 Å². The lowest BCUT2D eigenvalue weighted by molar-refractivity contribution is 0.337. The summed E-state index contributed by atoms with van der Waals surface area (Å²) >= 11 is 6.67. The highest BCUT2D eigenvalue weighted by molar-refractivity contribution is 7.73. The number of aromatic amines is 1. The highest BCUT2D eigenvalue weighted by atomic mass is 32.1. The van der Waals surface area contributed by atoms with Crippen LogP contribution in [0.1, 0.15) is 18.1 Å². The molecule has 0 aliphatic rings. The van der Waals surface area contributed by atoms with E-state index in [1.54, 1.807) is 11.3 Å². The van der Waals surface area contributed by atoms with E-state index in [1.807, 2.05) is 6.92 Å². The number of nitrogens with one attached hydrogen (secondary N) is 1. The normalized spacial score (nSPS) is 10.5. The predicted octanol–water partition coefficient (Wildman–Crippen LogP) is 4.49. The van der Waals surface area contributed by atoms with E-state index in [0.29, 0.717) is 6.61 Å². The summed E-state index contributed by atoms with van der Waals surface area (Å²) in [6, 6.07) is 4.23. The monoisotopic (exact) mass is 265 g/mol. The van der Waals surface area contributed by atoms with Crippen molar-refractivity contribution in [1.82, 2.24) is 4.98 Å². The lowest BCUT2D eigenvalue weighted by Crippen LogP contribution is -1.96. The number of hydrogen-bond donors (Lipinski definition) is 1. The first kappa shape index (κ1) is 12.3. The van der Waals surface area contributed by atoms with Gasteiger partial charge >= 0.3 is 0 Å². The lowest BCUT2D eigenvalue weighted by atomic mass is 10.0. The van der Waals surface area contributed by atoms with Gasteiger partial charge in [-0.05, 0) is 56.2 Å². The van der Waals surface area contributed by atoms with Crippen LogP contribution in [0.25, 0.3) is 11.3 Å². The van der Waals surface area contributed by atoms with E-state index in [-0.39, 0.29) is 0 Å². The Bertz CT molecular complexity index is 583. The highest BCUT2D eigenvalue weighted by Crippen LogP contribution is 2.30. The zero-order chi connectivity index (χ0) is 12.4. The van der Waals surface area contributed by atoms with Crippen LogP contribution >= 0.6 is 23.6 Å². The highest BCUT2D eigenvalue weighted by Gasteiger charge is 2.08. The molecule has 0 spiro atoms. The largest absolute Gasteiger partial charge is 0.494 e. The van der Waals surface area contributed by atoms with Crippen molar-refractivity contribution in [2.45, 2.75) is 20.8 Å². The van der Waals surface area contributed by atoms with Crippen LogP contribution in [-0.4, -0.2) is 11.6 Å². The summed E-state index contributed by atoms with van der Waals surface area (Å²) < 4.78 is 6.40. The van der Waals surface area contributed by atoms with Gasteiger partial charge in [0.1, 0.15) is 5.75 Å². The number of thiazole rings is 1. The molecular weight excluding hydrogens is 250 g/mol. The molecule has 2 nitrogen and oxygen atoms in total. The molecule has 0 aliphatic carbocycles. The Morgan fingerprint density at radius 2 is 2.06 bits per heavy atom. The van der Waals surface area contributed by atoms with Gasteiger partial charge in [-0.25, -0.2) is 0 Å². The second-order valence-corrected chi connectivity index (χ2v) is 5.47. The molecule has 0 aliphatic heterocycles. The van der Waals surface area contributed by atoms with Crippen molar-refractivity contribution in [3.63, 3.8) is 0 Å². The van der Waals surface area contributed by atoms with Gasteiger partial charge in [0, 0.05) is 10.9 Å². The van der Waals surface area contributed by atoms with E-state index in [4.69, 9.17) is 17.0 Å². The number of hydrogen-bond acceptors (Lipinski definition) is 3. The molecule has 0 fully saturated rings. The lowest BCUT2D eigenvalue weighted by Gasteiger charge is -2.11. The summed E-state index contributed by atoms with van der Waals surface area (Å²) in [5.74, 6) is 0.961. The average molecular weight is 265 g/mol. The first-order valence-corrected chi connectivity index (χ1v) is 6.83. The van der Waals surface area contributed by atoms with E-state index in [2.05, 4.69) is 36.3 Å². The van der Waals surface area contributed by atoms with Gasteiger partial charge in [-0.15, -0.1) is 11.3 Å². The first-order valence-electron chi connectivity index (χ1n) is 5.54. The van der Waals surface area contributed by atoms with E-state index >= 15 is 0 Å². The quantitative estimate of drug-likeness (QED) is 0.827. The van der Waals surface area contributed by atoms with Crippen LogP contribution in [0.5, 0.6) is 5.75 Å². The molecule has 0 radical (unpaired) electrons. The maximum atomic E-state index is 5.59. The SMILES string of the molecule is CCOc1cc(C)c(-c2csc(=S)[nH]2)cc1C. The Morgan fingerprint density at radius 3 is 2.65 bits per heavy atom. The molecule has 1 heterocycles. The zero-order valence-electron chi connectivity index (χ0n) is 10.2. The third kappa shape index (κ3) is 2.58. The fourth-order valence-electron chi connectivity index (χ4n) is 1.80. The topological polar surface area (TPSA) is 25.0 Å². The molecule has 2 rings (SSSR count). The van der Waals surface area contributed by atoms with Crippen LogP contribution in [0.3, 0.4) is 0 Å². The zero-order valence-corrected chi connectivity index (χ0v) is 11.8. The smallest absolute Gasteiger partial charge is 0.158 e. The molecule has 1 N–H and O–H groups in total. The molecule has 0 unspecified atom stereocenters. The number of aryl methyl sites for hydroxylation is 2. The Morgan fingerprint density at radius 1 is 1.29 bits per heavy atom. The minimum absolute atomic E-state index is 0.695. The van der Waals surface area contributed by atoms with Crippen LogP contribution in [0.4, 0.5) is 0 Å². The third-order valence-electron chi connectivity index (χ3n) is 2.63. The second-order valence-electron chi connectivity index (χ2n) is 3.93. The summed E-state index contributed by atoms with van der Waals surface area (Å²) in [4.78, 5) is 3.20. The Hall–Kier alpha value is -1.13. The molecule has 1 aromatic heterocycles. The molecule has 4 heteroatoms. The number of H-pyrrole nitrogens is 1. The minimum Gasteiger partial charge on any atom is -0.494 e. The summed E-state index contributed by atoms with van der Waals surface area (Å²) in [5, 5.41) is 2.06.